The molecule has 1 aromatic carbocycles. The van der Waals surface area contributed by atoms with Crippen molar-refractivity contribution in [1.29, 1.82) is 0 Å². The summed E-state index contributed by atoms with van der Waals surface area (Å²) >= 11 is 1.10. The van der Waals surface area contributed by atoms with Crippen LogP contribution in [0.15, 0.2) is 40.6 Å². The van der Waals surface area contributed by atoms with E-state index in [9.17, 15) is 18.3 Å². The zero-order valence-electron chi connectivity index (χ0n) is 16.0. The second-order valence-corrected chi connectivity index (χ2v) is 10.3. The van der Waals surface area contributed by atoms with Crippen molar-refractivity contribution in [1.82, 2.24) is 14.1 Å². The van der Waals surface area contributed by atoms with Crippen LogP contribution in [0.4, 0.5) is 0 Å². The van der Waals surface area contributed by atoms with Gasteiger partial charge in [0.05, 0.1) is 30.8 Å². The average Bonchev–Trinajstić information content (AvgIpc) is 3.39. The Morgan fingerprint density at radius 2 is 2.03 bits per heavy atom. The molecule has 1 aliphatic rings. The number of benzene rings is 1. The van der Waals surface area contributed by atoms with E-state index in [4.69, 9.17) is 4.74 Å². The first kappa shape index (κ1) is 19.9. The van der Waals surface area contributed by atoms with E-state index in [-0.39, 0.29) is 29.1 Å². The van der Waals surface area contributed by atoms with Crippen LogP contribution >= 0.6 is 11.3 Å². The Hall–Kier alpha value is -2.43. The Labute approximate surface area is 172 Å². The fourth-order valence-corrected chi connectivity index (χ4v) is 6.59. The molecule has 0 unspecified atom stereocenters. The zero-order chi connectivity index (χ0) is 20.8. The fourth-order valence-electron chi connectivity index (χ4n) is 3.78. The maximum Gasteiger partial charge on any atom is 0.309 e. The van der Waals surface area contributed by atoms with Crippen LogP contribution in [0.25, 0.3) is 10.9 Å². The largest absolute Gasteiger partial charge is 0.487 e. The maximum absolute atomic E-state index is 13.1. The van der Waals surface area contributed by atoms with Gasteiger partial charge in [-0.25, -0.2) is 8.42 Å². The van der Waals surface area contributed by atoms with E-state index < -0.39 is 16.0 Å². The van der Waals surface area contributed by atoms with Crippen LogP contribution in [0.3, 0.4) is 0 Å². The molecule has 8 nitrogen and oxygen atoms in total. The van der Waals surface area contributed by atoms with Gasteiger partial charge in [-0.15, -0.1) is 0 Å². The van der Waals surface area contributed by atoms with Gasteiger partial charge in [0, 0.05) is 18.5 Å². The SMILES string of the molecule is COc1ccc(S(=O)(=O)N2C[C@@H](C)[C@@H](n3nc(CC(=O)O)c4ccccc43)C2)s1. The van der Waals surface area contributed by atoms with Crippen LogP contribution in [-0.4, -0.2) is 53.8 Å². The van der Waals surface area contributed by atoms with Gasteiger partial charge in [-0.2, -0.15) is 9.40 Å². The molecule has 4 rings (SSSR count). The highest BCUT2D eigenvalue weighted by molar-refractivity contribution is 7.91. The van der Waals surface area contributed by atoms with Gasteiger partial charge in [0.1, 0.15) is 4.21 Å². The van der Waals surface area contributed by atoms with Crippen LogP contribution in [-0.2, 0) is 21.2 Å². The highest BCUT2D eigenvalue weighted by Gasteiger charge is 2.40. The minimum absolute atomic E-state index is 0.0209. The Kier molecular flexibility index (Phi) is 5.09. The first-order valence-corrected chi connectivity index (χ1v) is 11.4. The summed E-state index contributed by atoms with van der Waals surface area (Å²) in [6.07, 6.45) is -0.175. The van der Waals surface area contributed by atoms with Crippen LogP contribution in [0.5, 0.6) is 5.06 Å². The molecular formula is C19H21N3O5S2. The lowest BCUT2D eigenvalue weighted by Crippen LogP contribution is -2.29. The average molecular weight is 436 g/mol. The molecule has 3 aromatic rings. The molecule has 29 heavy (non-hydrogen) atoms. The van der Waals surface area contributed by atoms with Crippen molar-refractivity contribution >= 4 is 38.2 Å². The number of hydrogen-bond acceptors (Lipinski definition) is 6. The van der Waals surface area contributed by atoms with E-state index >= 15 is 0 Å². The fraction of sp³-hybridized carbons (Fsp3) is 0.368. The van der Waals surface area contributed by atoms with E-state index in [0.29, 0.717) is 17.3 Å². The highest BCUT2D eigenvalue weighted by atomic mass is 32.2. The number of nitrogens with zero attached hydrogens (tertiary/aromatic N) is 3. The van der Waals surface area contributed by atoms with Crippen molar-refractivity contribution in [3.63, 3.8) is 0 Å². The van der Waals surface area contributed by atoms with Gasteiger partial charge >= 0.3 is 5.97 Å². The molecule has 2 atom stereocenters. The first-order valence-electron chi connectivity index (χ1n) is 9.13. The van der Waals surface area contributed by atoms with Crippen molar-refractivity contribution in [2.75, 3.05) is 20.2 Å². The summed E-state index contributed by atoms with van der Waals surface area (Å²) in [6, 6.07) is 10.5. The van der Waals surface area contributed by atoms with Crippen molar-refractivity contribution in [3.05, 3.63) is 42.1 Å². The molecule has 3 heterocycles. The molecular weight excluding hydrogens is 414 g/mol. The minimum atomic E-state index is -3.63. The number of carboxylic acids is 1. The zero-order valence-corrected chi connectivity index (χ0v) is 17.6. The number of ether oxygens (including phenoxy) is 1. The lowest BCUT2D eigenvalue weighted by atomic mass is 10.1. The van der Waals surface area contributed by atoms with Crippen LogP contribution in [0.2, 0.25) is 0 Å². The lowest BCUT2D eigenvalue weighted by Gasteiger charge is -2.17. The van der Waals surface area contributed by atoms with Gasteiger partial charge in [-0.3, -0.25) is 9.48 Å². The number of para-hydroxylation sites is 1. The quantitative estimate of drug-likeness (QED) is 0.639. The van der Waals surface area contributed by atoms with Crippen molar-refractivity contribution in [2.24, 2.45) is 5.92 Å². The van der Waals surface area contributed by atoms with E-state index in [1.807, 2.05) is 31.2 Å². The third-order valence-corrected chi connectivity index (χ3v) is 8.56. The number of methoxy groups -OCH3 is 1. The normalized spacial score (nSPS) is 20.3. The summed E-state index contributed by atoms with van der Waals surface area (Å²) in [4.78, 5) is 11.2. The molecule has 1 N–H and O–H groups in total. The predicted octanol–water partition coefficient (Wildman–Crippen LogP) is 2.62. The minimum Gasteiger partial charge on any atom is -0.487 e. The third-order valence-electron chi connectivity index (χ3n) is 5.21. The number of carbonyl (C=O) groups is 1. The summed E-state index contributed by atoms with van der Waals surface area (Å²) in [6.45, 7) is 2.64. The van der Waals surface area contributed by atoms with Crippen molar-refractivity contribution < 1.29 is 23.1 Å². The lowest BCUT2D eigenvalue weighted by molar-refractivity contribution is -0.136. The topological polar surface area (TPSA) is 102 Å². The number of thiophene rings is 1. The second-order valence-electron chi connectivity index (χ2n) is 7.12. The standard InChI is InChI=1S/C19H21N3O5S2/c1-12-10-21(29(25,26)19-8-7-18(27-2)28-19)11-16(12)22-15-6-4-3-5-13(15)14(20-22)9-17(23)24/h3-8,12,16H,9-11H2,1-2H3,(H,23,24)/t12-,16+/m1/s1. The molecule has 0 radical (unpaired) electrons. The van der Waals surface area contributed by atoms with Crippen LogP contribution < -0.4 is 4.74 Å². The van der Waals surface area contributed by atoms with E-state index in [1.54, 1.807) is 16.8 Å². The Bertz CT molecular complexity index is 1170. The Balaban J connectivity index is 1.68. The van der Waals surface area contributed by atoms with Crippen LogP contribution in [0.1, 0.15) is 18.7 Å². The molecule has 0 bridgehead atoms. The number of fused-ring (bicyclic) bond motifs is 1. The van der Waals surface area contributed by atoms with E-state index in [0.717, 1.165) is 22.2 Å². The molecule has 0 spiro atoms. The molecule has 154 valence electrons. The van der Waals surface area contributed by atoms with Crippen LogP contribution in [0, 0.1) is 5.92 Å². The summed E-state index contributed by atoms with van der Waals surface area (Å²) in [5.74, 6) is -0.927. The number of rotatable bonds is 6. The molecule has 1 aliphatic heterocycles. The van der Waals surface area contributed by atoms with Gasteiger partial charge in [0.15, 0.2) is 5.06 Å². The van der Waals surface area contributed by atoms with Gasteiger partial charge in [-0.05, 0) is 24.1 Å². The molecule has 0 amide bonds. The summed E-state index contributed by atoms with van der Waals surface area (Å²) in [7, 11) is -2.12. The number of aliphatic carboxylic acids is 1. The molecule has 1 fully saturated rings. The maximum atomic E-state index is 13.1. The van der Waals surface area contributed by atoms with E-state index in [2.05, 4.69) is 5.10 Å². The number of aromatic nitrogens is 2. The Morgan fingerprint density at radius 3 is 2.72 bits per heavy atom. The summed E-state index contributed by atoms with van der Waals surface area (Å²) < 4.78 is 34.8. The molecule has 0 saturated carbocycles. The summed E-state index contributed by atoms with van der Waals surface area (Å²) in [5, 5.41) is 15.1. The van der Waals surface area contributed by atoms with Gasteiger partial charge < -0.3 is 9.84 Å². The summed E-state index contributed by atoms with van der Waals surface area (Å²) in [5.41, 5.74) is 1.31. The number of hydrogen-bond donors (Lipinski definition) is 1. The van der Waals surface area contributed by atoms with E-state index in [1.165, 1.54) is 11.4 Å². The molecule has 2 aromatic heterocycles. The first-order chi connectivity index (χ1) is 13.8. The van der Waals surface area contributed by atoms with Gasteiger partial charge in [-0.1, -0.05) is 36.5 Å². The monoisotopic (exact) mass is 435 g/mol. The highest BCUT2D eigenvalue weighted by Crippen LogP contribution is 2.37. The Morgan fingerprint density at radius 1 is 1.28 bits per heavy atom. The van der Waals surface area contributed by atoms with Gasteiger partial charge in [0.2, 0.25) is 0 Å². The molecule has 0 aliphatic carbocycles. The molecule has 1 saturated heterocycles. The van der Waals surface area contributed by atoms with Gasteiger partial charge in [0.25, 0.3) is 10.0 Å². The second kappa shape index (κ2) is 7.43. The predicted molar refractivity (Wildman–Crippen MR) is 109 cm³/mol. The number of carboxylic acid groups (broad SMARTS) is 1. The molecule has 10 heteroatoms. The third kappa shape index (κ3) is 3.52. The number of sulfonamides is 1. The smallest absolute Gasteiger partial charge is 0.309 e. The van der Waals surface area contributed by atoms with Crippen molar-refractivity contribution in [3.8, 4) is 5.06 Å². The van der Waals surface area contributed by atoms with Crippen molar-refractivity contribution in [2.45, 2.75) is 23.6 Å².